The molecule has 20 heavy (non-hydrogen) atoms. The maximum atomic E-state index is 12.0. The van der Waals surface area contributed by atoms with Crippen LogP contribution in [-0.4, -0.2) is 30.4 Å². The van der Waals surface area contributed by atoms with Crippen molar-refractivity contribution < 1.29 is 4.79 Å². The van der Waals surface area contributed by atoms with Gasteiger partial charge in [0.2, 0.25) is 5.91 Å². The van der Waals surface area contributed by atoms with E-state index in [1.807, 2.05) is 0 Å². The molecule has 1 atom stereocenters. The van der Waals surface area contributed by atoms with Gasteiger partial charge in [-0.05, 0) is 49.1 Å². The lowest BCUT2D eigenvalue weighted by molar-refractivity contribution is -0.117. The molecule has 0 bridgehead atoms. The lowest BCUT2D eigenvalue weighted by Gasteiger charge is -2.17. The summed E-state index contributed by atoms with van der Waals surface area (Å²) in [7, 11) is 0. The maximum Gasteiger partial charge on any atom is 0.238 e. The van der Waals surface area contributed by atoms with E-state index in [2.05, 4.69) is 30.1 Å². The van der Waals surface area contributed by atoms with Crippen molar-refractivity contribution in [1.29, 1.82) is 5.26 Å². The second-order valence-corrected chi connectivity index (χ2v) is 5.77. The molecule has 2 rings (SSSR count). The minimum Gasteiger partial charge on any atom is -0.325 e. The second kappa shape index (κ2) is 6.53. The van der Waals surface area contributed by atoms with Gasteiger partial charge < -0.3 is 5.32 Å². The third-order valence-corrected chi connectivity index (χ3v) is 3.92. The Morgan fingerprint density at radius 1 is 1.45 bits per heavy atom. The molecule has 106 valence electrons. The fourth-order valence-electron chi connectivity index (χ4n) is 2.58. The fourth-order valence-corrected chi connectivity index (χ4v) is 2.58. The van der Waals surface area contributed by atoms with Crippen molar-refractivity contribution in [3.8, 4) is 6.07 Å². The first kappa shape index (κ1) is 14.5. The van der Waals surface area contributed by atoms with Gasteiger partial charge in [0.05, 0.1) is 18.2 Å². The molecule has 1 aromatic carbocycles. The summed E-state index contributed by atoms with van der Waals surface area (Å²) in [6, 6.07) is 9.00. The third-order valence-electron chi connectivity index (χ3n) is 3.92. The van der Waals surface area contributed by atoms with Crippen LogP contribution in [0.1, 0.15) is 25.8 Å². The summed E-state index contributed by atoms with van der Waals surface area (Å²) in [6.45, 7) is 6.95. The number of hydrogen-bond donors (Lipinski definition) is 1. The molecule has 1 saturated heterocycles. The quantitative estimate of drug-likeness (QED) is 0.915. The van der Waals surface area contributed by atoms with E-state index in [4.69, 9.17) is 5.26 Å². The Morgan fingerprint density at radius 2 is 2.15 bits per heavy atom. The maximum absolute atomic E-state index is 12.0. The van der Waals surface area contributed by atoms with Gasteiger partial charge in [0, 0.05) is 12.2 Å². The van der Waals surface area contributed by atoms with Gasteiger partial charge in [-0.3, -0.25) is 9.69 Å². The number of rotatable bonds is 4. The van der Waals surface area contributed by atoms with Crippen LogP contribution in [0.3, 0.4) is 0 Å². The molecule has 1 aliphatic heterocycles. The highest BCUT2D eigenvalue weighted by Crippen LogP contribution is 2.23. The summed E-state index contributed by atoms with van der Waals surface area (Å²) in [6.07, 6.45) is 1.18. The number of carbonyl (C=O) groups excluding carboxylic acids is 1. The summed E-state index contributed by atoms with van der Waals surface area (Å²) in [5.41, 5.74) is 1.34. The Morgan fingerprint density at radius 3 is 2.70 bits per heavy atom. The molecule has 0 radical (unpaired) electrons. The molecular formula is C16H21N3O. The first-order valence-corrected chi connectivity index (χ1v) is 7.11. The smallest absolute Gasteiger partial charge is 0.238 e. The largest absolute Gasteiger partial charge is 0.325 e. The van der Waals surface area contributed by atoms with Crippen LogP contribution in [0.15, 0.2) is 24.3 Å². The Bertz CT molecular complexity index is 501. The Labute approximate surface area is 120 Å². The van der Waals surface area contributed by atoms with Crippen molar-refractivity contribution >= 4 is 11.6 Å². The van der Waals surface area contributed by atoms with Crippen LogP contribution in [0.5, 0.6) is 0 Å². The summed E-state index contributed by atoms with van der Waals surface area (Å²) in [5, 5.41) is 11.6. The number of amides is 1. The van der Waals surface area contributed by atoms with Crippen LogP contribution >= 0.6 is 0 Å². The summed E-state index contributed by atoms with van der Waals surface area (Å²) >= 11 is 0. The van der Waals surface area contributed by atoms with Crippen molar-refractivity contribution in [3.05, 3.63) is 29.8 Å². The number of nitrogens with zero attached hydrogens (tertiary/aromatic N) is 2. The summed E-state index contributed by atoms with van der Waals surface area (Å²) < 4.78 is 0. The average molecular weight is 271 g/mol. The van der Waals surface area contributed by atoms with Gasteiger partial charge in [-0.1, -0.05) is 13.8 Å². The molecule has 0 spiro atoms. The molecule has 0 saturated carbocycles. The van der Waals surface area contributed by atoms with Crippen molar-refractivity contribution in [3.63, 3.8) is 0 Å². The van der Waals surface area contributed by atoms with Gasteiger partial charge in [0.15, 0.2) is 0 Å². The lowest BCUT2D eigenvalue weighted by atomic mass is 9.95. The average Bonchev–Trinajstić information content (AvgIpc) is 2.88. The van der Waals surface area contributed by atoms with Crippen LogP contribution in [0, 0.1) is 23.2 Å². The number of likely N-dealkylation sites (tertiary alicyclic amines) is 1. The Hall–Kier alpha value is -1.86. The highest BCUT2D eigenvalue weighted by atomic mass is 16.2. The zero-order valence-corrected chi connectivity index (χ0v) is 12.1. The van der Waals surface area contributed by atoms with E-state index < -0.39 is 0 Å². The van der Waals surface area contributed by atoms with Crippen molar-refractivity contribution in [2.24, 2.45) is 11.8 Å². The first-order chi connectivity index (χ1) is 9.58. The topological polar surface area (TPSA) is 56.1 Å². The molecule has 1 amide bonds. The van der Waals surface area contributed by atoms with E-state index in [1.54, 1.807) is 24.3 Å². The van der Waals surface area contributed by atoms with Crippen molar-refractivity contribution in [2.45, 2.75) is 20.3 Å². The normalized spacial score (nSPS) is 19.0. The highest BCUT2D eigenvalue weighted by Gasteiger charge is 2.25. The minimum atomic E-state index is 0.0131. The molecule has 1 aromatic rings. The van der Waals surface area contributed by atoms with Gasteiger partial charge in [0.1, 0.15) is 0 Å². The lowest BCUT2D eigenvalue weighted by Crippen LogP contribution is -2.32. The highest BCUT2D eigenvalue weighted by molar-refractivity contribution is 5.92. The van der Waals surface area contributed by atoms with E-state index in [1.165, 1.54) is 6.42 Å². The van der Waals surface area contributed by atoms with Crippen LogP contribution < -0.4 is 5.32 Å². The standard InChI is InChI=1S/C16H21N3O/c1-12(2)14-7-8-19(10-14)11-16(20)18-15-5-3-13(9-17)4-6-15/h3-6,12,14H,7-8,10-11H2,1-2H3,(H,18,20). The Kier molecular flexibility index (Phi) is 4.75. The molecule has 1 unspecified atom stereocenters. The molecule has 0 aliphatic carbocycles. The minimum absolute atomic E-state index is 0.0131. The molecule has 1 fully saturated rings. The number of carbonyl (C=O) groups is 1. The van der Waals surface area contributed by atoms with Crippen LogP contribution in [0.25, 0.3) is 0 Å². The van der Waals surface area contributed by atoms with Crippen molar-refractivity contribution in [2.75, 3.05) is 25.0 Å². The zero-order chi connectivity index (χ0) is 14.5. The van der Waals surface area contributed by atoms with E-state index in [0.29, 0.717) is 23.9 Å². The predicted molar refractivity (Wildman–Crippen MR) is 79.2 cm³/mol. The Balaban J connectivity index is 1.82. The van der Waals surface area contributed by atoms with Gasteiger partial charge in [-0.2, -0.15) is 5.26 Å². The molecule has 1 heterocycles. The number of nitriles is 1. The number of anilines is 1. The van der Waals surface area contributed by atoms with Crippen LogP contribution in [-0.2, 0) is 4.79 Å². The first-order valence-electron chi connectivity index (χ1n) is 7.11. The fraction of sp³-hybridized carbons (Fsp3) is 0.500. The third kappa shape index (κ3) is 3.82. The van der Waals surface area contributed by atoms with Gasteiger partial charge in [-0.25, -0.2) is 0 Å². The molecule has 1 aliphatic rings. The summed E-state index contributed by atoms with van der Waals surface area (Å²) in [5.74, 6) is 1.40. The predicted octanol–water partition coefficient (Wildman–Crippen LogP) is 2.47. The van der Waals surface area contributed by atoms with Crippen LogP contribution in [0.4, 0.5) is 5.69 Å². The number of benzene rings is 1. The molecule has 4 heteroatoms. The molecule has 0 aromatic heterocycles. The zero-order valence-electron chi connectivity index (χ0n) is 12.1. The van der Waals surface area contributed by atoms with E-state index in [0.717, 1.165) is 18.8 Å². The van der Waals surface area contributed by atoms with Crippen molar-refractivity contribution in [1.82, 2.24) is 4.90 Å². The molecule has 4 nitrogen and oxygen atoms in total. The van der Waals surface area contributed by atoms with Gasteiger partial charge >= 0.3 is 0 Å². The second-order valence-electron chi connectivity index (χ2n) is 5.77. The van der Waals surface area contributed by atoms with Gasteiger partial charge in [-0.15, -0.1) is 0 Å². The monoisotopic (exact) mass is 271 g/mol. The number of nitrogens with one attached hydrogen (secondary N) is 1. The SMILES string of the molecule is CC(C)C1CCN(CC(=O)Nc2ccc(C#N)cc2)C1. The van der Waals surface area contributed by atoms with Gasteiger partial charge in [0.25, 0.3) is 0 Å². The van der Waals surface area contributed by atoms with E-state index in [-0.39, 0.29) is 5.91 Å². The van der Waals surface area contributed by atoms with E-state index >= 15 is 0 Å². The number of hydrogen-bond acceptors (Lipinski definition) is 3. The molecule has 1 N–H and O–H groups in total. The summed E-state index contributed by atoms with van der Waals surface area (Å²) in [4.78, 5) is 14.2. The van der Waals surface area contributed by atoms with E-state index in [9.17, 15) is 4.79 Å². The van der Waals surface area contributed by atoms with Crippen LogP contribution in [0.2, 0.25) is 0 Å². The molecular weight excluding hydrogens is 250 g/mol.